The summed E-state index contributed by atoms with van der Waals surface area (Å²) in [5, 5.41) is 16.9. The number of aryl methyl sites for hydroxylation is 1. The fourth-order valence-electron chi connectivity index (χ4n) is 0.787. The summed E-state index contributed by atoms with van der Waals surface area (Å²) >= 11 is 0. The van der Waals surface area contributed by atoms with Crippen molar-refractivity contribution in [1.29, 1.82) is 10.7 Å². The summed E-state index contributed by atoms with van der Waals surface area (Å²) < 4.78 is 39.0. The normalized spacial score (nSPS) is 9.44. The molecule has 0 bridgehead atoms. The molecular formula is C8H6BF4N3. The fraction of sp³-hybridized carbons (Fsp3) is 0.125. The van der Waals surface area contributed by atoms with Crippen molar-refractivity contribution in [1.82, 2.24) is 0 Å². The van der Waals surface area contributed by atoms with Gasteiger partial charge in [0.25, 0.3) is 0 Å². The molecule has 84 valence electrons. The lowest BCUT2D eigenvalue weighted by atomic mass is 10.1. The molecule has 1 aromatic rings. The van der Waals surface area contributed by atoms with Crippen LogP contribution in [0.4, 0.5) is 23.0 Å². The molecule has 0 atom stereocenters. The Labute approximate surface area is 89.0 Å². The van der Waals surface area contributed by atoms with Crippen molar-refractivity contribution in [3.63, 3.8) is 0 Å². The first kappa shape index (κ1) is 13.9. The highest BCUT2D eigenvalue weighted by Crippen LogP contribution is 2.18. The number of nitriles is 1. The first-order chi connectivity index (χ1) is 7.27. The molecule has 0 saturated carbocycles. The third kappa shape index (κ3) is 6.38. The molecule has 0 amide bonds. The third-order valence-electron chi connectivity index (χ3n) is 1.45. The minimum atomic E-state index is -6.00. The molecule has 0 aliphatic heterocycles. The molecule has 1 aromatic carbocycles. The van der Waals surface area contributed by atoms with Crippen molar-refractivity contribution in [2.45, 2.75) is 6.92 Å². The summed E-state index contributed by atoms with van der Waals surface area (Å²) in [6.45, 7) is 1.82. The minimum absolute atomic E-state index is 0.448. The van der Waals surface area contributed by atoms with E-state index in [0.717, 1.165) is 5.56 Å². The number of nitrogens with zero attached hydrogens (tertiary/aromatic N) is 3. The number of rotatable bonds is 0. The second-order valence-electron chi connectivity index (χ2n) is 2.71. The Hall–Kier alpha value is -2.09. The second kappa shape index (κ2) is 5.71. The highest BCUT2D eigenvalue weighted by atomic mass is 19.5. The SMILES string of the molecule is Cc1ccc(C#N)cc1[N+]#N.F[B-](F)(F)F. The van der Waals surface area contributed by atoms with Crippen LogP contribution >= 0.6 is 0 Å². The van der Waals surface area contributed by atoms with Gasteiger partial charge in [-0.25, -0.2) is 0 Å². The van der Waals surface area contributed by atoms with Crippen LogP contribution in [0.5, 0.6) is 0 Å². The van der Waals surface area contributed by atoms with E-state index in [1.165, 1.54) is 6.07 Å². The number of halogens is 4. The van der Waals surface area contributed by atoms with Crippen molar-refractivity contribution in [3.05, 3.63) is 34.3 Å². The molecule has 0 saturated heterocycles. The van der Waals surface area contributed by atoms with Gasteiger partial charge in [0, 0.05) is 5.56 Å². The van der Waals surface area contributed by atoms with E-state index < -0.39 is 7.25 Å². The number of benzene rings is 1. The molecule has 0 radical (unpaired) electrons. The molecule has 0 unspecified atom stereocenters. The lowest BCUT2D eigenvalue weighted by Crippen LogP contribution is -2.02. The standard InChI is InChI=1S/C8H6N3.BF4/c1-6-2-3-7(5-9)4-8(6)11-10;2-1(3,4)5/h2-4H,1H3;/q+1;-1. The van der Waals surface area contributed by atoms with E-state index in [9.17, 15) is 17.3 Å². The maximum Gasteiger partial charge on any atom is 0.673 e. The molecule has 1 rings (SSSR count). The maximum atomic E-state index is 9.75. The first-order valence-corrected chi connectivity index (χ1v) is 4.01. The van der Waals surface area contributed by atoms with Crippen LogP contribution in [0.1, 0.15) is 11.1 Å². The van der Waals surface area contributed by atoms with Gasteiger partial charge in [0.1, 0.15) is 0 Å². The zero-order valence-electron chi connectivity index (χ0n) is 8.16. The summed E-state index contributed by atoms with van der Waals surface area (Å²) in [7, 11) is -6.00. The largest absolute Gasteiger partial charge is 0.673 e. The van der Waals surface area contributed by atoms with Crippen LogP contribution in [0.2, 0.25) is 0 Å². The average Bonchev–Trinajstić information content (AvgIpc) is 2.16. The summed E-state index contributed by atoms with van der Waals surface area (Å²) in [5.41, 5.74) is 1.80. The average molecular weight is 231 g/mol. The van der Waals surface area contributed by atoms with E-state index in [2.05, 4.69) is 4.98 Å². The topological polar surface area (TPSA) is 51.9 Å². The summed E-state index contributed by atoms with van der Waals surface area (Å²) in [4.78, 5) is 3.03. The van der Waals surface area contributed by atoms with Crippen LogP contribution in [0.15, 0.2) is 18.2 Å². The van der Waals surface area contributed by atoms with Gasteiger partial charge in [-0.05, 0) is 19.1 Å². The molecule has 8 heteroatoms. The molecule has 0 aromatic heterocycles. The van der Waals surface area contributed by atoms with Gasteiger partial charge in [0.05, 0.1) is 17.7 Å². The second-order valence-corrected chi connectivity index (χ2v) is 2.71. The van der Waals surface area contributed by atoms with Crippen LogP contribution in [0, 0.1) is 23.6 Å². The van der Waals surface area contributed by atoms with Gasteiger partial charge in [0.15, 0.2) is 4.98 Å². The Morgan fingerprint density at radius 2 is 1.75 bits per heavy atom. The van der Waals surface area contributed by atoms with Gasteiger partial charge in [-0.2, -0.15) is 5.26 Å². The van der Waals surface area contributed by atoms with E-state index in [0.29, 0.717) is 11.3 Å². The van der Waals surface area contributed by atoms with Gasteiger partial charge >= 0.3 is 12.9 Å². The Morgan fingerprint density at radius 3 is 2.12 bits per heavy atom. The summed E-state index contributed by atoms with van der Waals surface area (Å²) in [5.74, 6) is 0. The van der Waals surface area contributed by atoms with Gasteiger partial charge in [0.2, 0.25) is 5.39 Å². The van der Waals surface area contributed by atoms with E-state index >= 15 is 0 Å². The summed E-state index contributed by atoms with van der Waals surface area (Å²) in [6, 6.07) is 6.92. The number of hydrogen-bond acceptors (Lipinski definition) is 2. The van der Waals surface area contributed by atoms with Crippen molar-refractivity contribution in [3.8, 4) is 6.07 Å². The minimum Gasteiger partial charge on any atom is -0.418 e. The predicted molar refractivity (Wildman–Crippen MR) is 50.8 cm³/mol. The summed E-state index contributed by atoms with van der Waals surface area (Å²) in [6.07, 6.45) is 0. The van der Waals surface area contributed by atoms with Gasteiger partial charge < -0.3 is 17.3 Å². The Kier molecular flexibility index (Phi) is 4.97. The highest BCUT2D eigenvalue weighted by molar-refractivity contribution is 6.50. The third-order valence-corrected chi connectivity index (χ3v) is 1.45. The molecule has 0 aliphatic carbocycles. The molecule has 0 N–H and O–H groups in total. The van der Waals surface area contributed by atoms with Crippen molar-refractivity contribution < 1.29 is 17.3 Å². The molecular weight excluding hydrogens is 225 g/mol. The molecule has 3 nitrogen and oxygen atoms in total. The van der Waals surface area contributed by atoms with Gasteiger partial charge in [-0.1, -0.05) is 0 Å². The van der Waals surface area contributed by atoms with E-state index in [1.54, 1.807) is 12.1 Å². The van der Waals surface area contributed by atoms with Crippen LogP contribution < -0.4 is 0 Å². The Morgan fingerprint density at radius 1 is 1.25 bits per heavy atom. The van der Waals surface area contributed by atoms with Gasteiger partial charge in [-0.3, -0.25) is 0 Å². The van der Waals surface area contributed by atoms with Crippen LogP contribution in [0.25, 0.3) is 4.98 Å². The highest BCUT2D eigenvalue weighted by Gasteiger charge is 2.20. The monoisotopic (exact) mass is 231 g/mol. The van der Waals surface area contributed by atoms with Crippen molar-refractivity contribution >= 4 is 12.9 Å². The van der Waals surface area contributed by atoms with Crippen molar-refractivity contribution in [2.75, 3.05) is 0 Å². The number of diazo groups is 1. The lowest BCUT2D eigenvalue weighted by molar-refractivity contribution is 0.368. The van der Waals surface area contributed by atoms with Crippen LogP contribution in [0.3, 0.4) is 0 Å². The molecule has 0 heterocycles. The molecule has 0 aliphatic rings. The van der Waals surface area contributed by atoms with Crippen molar-refractivity contribution in [2.24, 2.45) is 0 Å². The van der Waals surface area contributed by atoms with Crippen LogP contribution in [-0.4, -0.2) is 7.25 Å². The smallest absolute Gasteiger partial charge is 0.418 e. The quantitative estimate of drug-likeness (QED) is 0.388. The van der Waals surface area contributed by atoms with E-state index in [1.807, 2.05) is 13.0 Å². The molecule has 16 heavy (non-hydrogen) atoms. The molecule has 0 fully saturated rings. The Bertz CT molecular complexity index is 438. The Balaban J connectivity index is 0.000000385. The lowest BCUT2D eigenvalue weighted by Gasteiger charge is -1.94. The predicted octanol–water partition coefficient (Wildman–Crippen LogP) is 3.65. The fourth-order valence-corrected chi connectivity index (χ4v) is 0.787. The molecule has 0 spiro atoms. The number of hydrogen-bond donors (Lipinski definition) is 0. The van der Waals surface area contributed by atoms with E-state index in [4.69, 9.17) is 10.7 Å². The zero-order valence-corrected chi connectivity index (χ0v) is 8.16. The van der Waals surface area contributed by atoms with Gasteiger partial charge in [-0.15, -0.1) is 0 Å². The zero-order chi connectivity index (χ0) is 12.8. The maximum absolute atomic E-state index is 9.75. The first-order valence-electron chi connectivity index (χ1n) is 4.01. The van der Waals surface area contributed by atoms with E-state index in [-0.39, 0.29) is 0 Å². The van der Waals surface area contributed by atoms with Crippen LogP contribution in [-0.2, 0) is 0 Å².